The van der Waals surface area contributed by atoms with E-state index in [0.717, 1.165) is 10.2 Å². The van der Waals surface area contributed by atoms with Gasteiger partial charge in [-0.25, -0.2) is 0 Å². The van der Waals surface area contributed by atoms with E-state index in [1.165, 1.54) is 0 Å². The molecule has 0 amide bonds. The average Bonchev–Trinajstić information content (AvgIpc) is 2.00. The van der Waals surface area contributed by atoms with Gasteiger partial charge in [0.05, 0.1) is 11.3 Å². The molecule has 0 saturated heterocycles. The lowest BCUT2D eigenvalue weighted by Crippen LogP contribution is -2.37. The second-order valence-electron chi connectivity index (χ2n) is 5.09. The van der Waals surface area contributed by atoms with Gasteiger partial charge in [0, 0.05) is 10.7 Å². The van der Waals surface area contributed by atoms with E-state index in [9.17, 15) is 0 Å². The third-order valence-corrected chi connectivity index (χ3v) is 3.50. The minimum Gasteiger partial charge on any atom is -0.407 e. The van der Waals surface area contributed by atoms with E-state index in [1.807, 2.05) is 18.3 Å². The van der Waals surface area contributed by atoms with Crippen molar-refractivity contribution in [1.82, 2.24) is 4.98 Å². The summed E-state index contributed by atoms with van der Waals surface area (Å²) in [6, 6.07) is 4.00. The van der Waals surface area contributed by atoms with Gasteiger partial charge in [-0.1, -0.05) is 0 Å². The van der Waals surface area contributed by atoms with Gasteiger partial charge in [0.15, 0.2) is 8.32 Å². The highest BCUT2D eigenvalue weighted by Gasteiger charge is 2.29. The number of hydrogen-bond acceptors (Lipinski definition) is 2. The predicted octanol–water partition coefficient (Wildman–Crippen LogP) is 3.93. The topological polar surface area (TPSA) is 22.1 Å². The van der Waals surface area contributed by atoms with Gasteiger partial charge >= 0.3 is 0 Å². The first-order chi connectivity index (χ1) is 6.71. The monoisotopic (exact) mass is 290 g/mol. The van der Waals surface area contributed by atoms with Gasteiger partial charge in [-0.2, -0.15) is 0 Å². The smallest absolute Gasteiger partial charge is 0.185 e. The Kier molecular flexibility index (Phi) is 3.74. The molecule has 0 radical (unpaired) electrons. The molecule has 0 aliphatic carbocycles. The first-order valence-electron chi connectivity index (χ1n) is 5.03. The number of nitrogens with zero attached hydrogens (tertiary/aromatic N) is 1. The fourth-order valence-corrected chi connectivity index (χ4v) is 3.42. The molecule has 0 aliphatic heterocycles. The molecule has 1 rings (SSSR count). The van der Waals surface area contributed by atoms with Crippen LogP contribution in [0.3, 0.4) is 0 Å². The Morgan fingerprint density at radius 3 is 2.27 bits per heavy atom. The van der Waals surface area contributed by atoms with Crippen LogP contribution in [-0.4, -0.2) is 13.3 Å². The van der Waals surface area contributed by atoms with Crippen LogP contribution >= 0.6 is 15.9 Å². The third-order valence-electron chi connectivity index (χ3n) is 1.91. The second-order valence-corrected chi connectivity index (χ2v) is 10.4. The molecule has 0 bridgehead atoms. The van der Waals surface area contributed by atoms with Crippen molar-refractivity contribution in [2.75, 3.05) is 0 Å². The quantitative estimate of drug-likeness (QED) is 0.622. The number of aromatic nitrogens is 1. The molecule has 1 aromatic heterocycles. The standard InChI is InChI=1S/C11H18BrNOSi/c1-11(2,14-15(3,4)5)10-7-6-9(12)8-13-10/h6-8H,1-5H3/i1+1,2+1,11+1. The minimum absolute atomic E-state index is 0.300. The largest absolute Gasteiger partial charge is 0.407 e. The Morgan fingerprint density at radius 2 is 1.87 bits per heavy atom. The molecule has 1 aromatic rings. The fourth-order valence-electron chi connectivity index (χ4n) is 1.55. The molecule has 84 valence electrons. The van der Waals surface area contributed by atoms with Gasteiger partial charge < -0.3 is 4.43 Å². The van der Waals surface area contributed by atoms with E-state index in [1.54, 1.807) is 0 Å². The molecule has 4 heteroatoms. The summed E-state index contributed by atoms with van der Waals surface area (Å²) >= 11 is 3.38. The highest BCUT2D eigenvalue weighted by atomic mass is 79.9. The number of rotatable bonds is 3. The zero-order valence-electron chi connectivity index (χ0n) is 9.97. The molecule has 0 aliphatic rings. The van der Waals surface area contributed by atoms with Crippen LogP contribution < -0.4 is 0 Å². The Bertz CT molecular complexity index is 329. The normalized spacial score (nSPS) is 12.9. The highest BCUT2D eigenvalue weighted by molar-refractivity contribution is 9.10. The van der Waals surface area contributed by atoms with Crippen molar-refractivity contribution < 1.29 is 4.43 Å². The summed E-state index contributed by atoms with van der Waals surface area (Å²) in [6.07, 6.45) is 1.81. The van der Waals surface area contributed by atoms with Gasteiger partial charge in [-0.05, 0) is 61.6 Å². The fraction of sp³-hybridized carbons (Fsp3) is 0.545. The first-order valence-corrected chi connectivity index (χ1v) is 9.23. The molecular weight excluding hydrogens is 273 g/mol. The second kappa shape index (κ2) is 4.35. The molecule has 0 unspecified atom stereocenters. The molecular formula is C11H18BrNOSi. The lowest BCUT2D eigenvalue weighted by molar-refractivity contribution is 0.0951. The van der Waals surface area contributed by atoms with Gasteiger partial charge in [0.1, 0.15) is 0 Å². The summed E-state index contributed by atoms with van der Waals surface area (Å²) in [5.74, 6) is 0. The van der Waals surface area contributed by atoms with E-state index < -0.39 is 8.32 Å². The summed E-state index contributed by atoms with van der Waals surface area (Å²) in [7, 11) is -1.54. The molecule has 15 heavy (non-hydrogen) atoms. The molecule has 1 heterocycles. The highest BCUT2D eigenvalue weighted by Crippen LogP contribution is 2.27. The maximum absolute atomic E-state index is 6.11. The van der Waals surface area contributed by atoms with Crippen LogP contribution in [0.5, 0.6) is 0 Å². The predicted molar refractivity (Wildman–Crippen MR) is 69.4 cm³/mol. The van der Waals surface area contributed by atoms with Crippen molar-refractivity contribution in [3.63, 3.8) is 0 Å². The number of pyridine rings is 1. The Hall–Kier alpha value is -0.193. The minimum atomic E-state index is -1.54. The summed E-state index contributed by atoms with van der Waals surface area (Å²) in [5, 5.41) is 0. The van der Waals surface area contributed by atoms with Crippen LogP contribution in [0.15, 0.2) is 22.8 Å². The first kappa shape index (κ1) is 12.9. The van der Waals surface area contributed by atoms with E-state index in [4.69, 9.17) is 4.43 Å². The van der Waals surface area contributed by atoms with E-state index >= 15 is 0 Å². The summed E-state index contributed by atoms with van der Waals surface area (Å²) in [6.45, 7) is 10.7. The Balaban J connectivity index is 2.90. The molecule has 0 fully saturated rings. The van der Waals surface area contributed by atoms with Crippen molar-refractivity contribution in [3.8, 4) is 0 Å². The summed E-state index contributed by atoms with van der Waals surface area (Å²) < 4.78 is 7.11. The molecule has 0 atom stereocenters. The Morgan fingerprint density at radius 1 is 1.27 bits per heavy atom. The molecule has 0 aromatic carbocycles. The van der Waals surface area contributed by atoms with E-state index in [2.05, 4.69) is 54.4 Å². The van der Waals surface area contributed by atoms with Crippen LogP contribution in [-0.2, 0) is 10.0 Å². The molecule has 2 nitrogen and oxygen atoms in total. The zero-order chi connectivity index (χ0) is 11.7. The summed E-state index contributed by atoms with van der Waals surface area (Å²) in [4.78, 5) is 4.38. The van der Waals surface area contributed by atoms with E-state index in [-0.39, 0.29) is 5.60 Å². The zero-order valence-corrected chi connectivity index (χ0v) is 12.6. The van der Waals surface area contributed by atoms with Gasteiger partial charge in [-0.15, -0.1) is 0 Å². The van der Waals surface area contributed by atoms with Crippen LogP contribution in [0.25, 0.3) is 0 Å². The Labute approximate surface area is 101 Å². The lowest BCUT2D eigenvalue weighted by Gasteiger charge is -2.32. The van der Waals surface area contributed by atoms with Gasteiger partial charge in [0.2, 0.25) is 0 Å². The number of hydrogen-bond donors (Lipinski definition) is 0. The van der Waals surface area contributed by atoms with Gasteiger partial charge in [-0.3, -0.25) is 4.98 Å². The van der Waals surface area contributed by atoms with Crippen LogP contribution in [0, 0.1) is 0 Å². The van der Waals surface area contributed by atoms with E-state index in [0.29, 0.717) is 0 Å². The van der Waals surface area contributed by atoms with Crippen LogP contribution in [0.1, 0.15) is 19.5 Å². The maximum Gasteiger partial charge on any atom is 0.185 e. The molecule has 0 N–H and O–H groups in total. The van der Waals surface area contributed by atoms with Crippen molar-refractivity contribution >= 4 is 24.2 Å². The van der Waals surface area contributed by atoms with Gasteiger partial charge in [0.25, 0.3) is 0 Å². The maximum atomic E-state index is 6.11. The van der Waals surface area contributed by atoms with Crippen LogP contribution in [0.4, 0.5) is 0 Å². The van der Waals surface area contributed by atoms with Crippen molar-refractivity contribution in [3.05, 3.63) is 28.5 Å². The number of halogens is 1. The summed E-state index contributed by atoms with van der Waals surface area (Å²) in [5.41, 5.74) is 0.679. The van der Waals surface area contributed by atoms with Crippen LogP contribution in [0.2, 0.25) is 19.6 Å². The van der Waals surface area contributed by atoms with Crippen molar-refractivity contribution in [2.24, 2.45) is 0 Å². The third kappa shape index (κ3) is 4.05. The lowest BCUT2D eigenvalue weighted by atomic mass is 10.4. The van der Waals surface area contributed by atoms with Crippen molar-refractivity contribution in [2.45, 2.75) is 39.1 Å². The van der Waals surface area contributed by atoms with Crippen molar-refractivity contribution in [1.29, 1.82) is 0 Å². The average molecular weight is 291 g/mol. The molecule has 0 saturated carbocycles. The molecule has 0 spiro atoms. The SMILES string of the molecule is C[Si](C)(C)O[13C]([13CH3])([13CH3])c1ccc(Br)cn1.